The summed E-state index contributed by atoms with van der Waals surface area (Å²) in [5.74, 6) is 0. The van der Waals surface area contributed by atoms with Crippen molar-refractivity contribution in [2.75, 3.05) is 0 Å². The Morgan fingerprint density at radius 1 is 0.405 bits per heavy atom. The second kappa shape index (κ2) is 8.91. The molecule has 0 amide bonds. The third kappa shape index (κ3) is 4.05. The van der Waals surface area contributed by atoms with Gasteiger partial charge in [0, 0.05) is 37.3 Å². The van der Waals surface area contributed by atoms with Crippen molar-refractivity contribution in [1.29, 1.82) is 0 Å². The minimum atomic E-state index is 0.916. The third-order valence-electron chi connectivity index (χ3n) is 6.72. The molecule has 0 aliphatic carbocycles. The van der Waals surface area contributed by atoms with Gasteiger partial charge >= 0.3 is 0 Å². The Balaban J connectivity index is 1.28. The van der Waals surface area contributed by atoms with Gasteiger partial charge in [-0.3, -0.25) is 0 Å². The van der Waals surface area contributed by atoms with E-state index in [4.69, 9.17) is 15.0 Å². The summed E-state index contributed by atoms with van der Waals surface area (Å²) in [5.41, 5.74) is 8.89. The molecule has 0 saturated carbocycles. The molecule has 7 aromatic rings. The first-order valence-corrected chi connectivity index (χ1v) is 12.9. The minimum Gasteiger partial charge on any atom is -0.248 e. The van der Waals surface area contributed by atoms with Crippen LogP contribution in [0.3, 0.4) is 0 Å². The van der Waals surface area contributed by atoms with Crippen molar-refractivity contribution in [3.8, 4) is 33.8 Å². The summed E-state index contributed by atoms with van der Waals surface area (Å²) in [4.78, 5) is 14.9. The Kier molecular flexibility index (Phi) is 5.26. The monoisotopic (exact) mass is 537 g/mol. The van der Waals surface area contributed by atoms with E-state index >= 15 is 0 Å². The van der Waals surface area contributed by atoms with Crippen LogP contribution >= 0.6 is 15.9 Å². The summed E-state index contributed by atoms with van der Waals surface area (Å²) in [6, 6.07) is 41.7. The van der Waals surface area contributed by atoms with Crippen molar-refractivity contribution < 1.29 is 0 Å². The van der Waals surface area contributed by atoms with E-state index < -0.39 is 0 Å². The molecule has 3 aromatic heterocycles. The van der Waals surface area contributed by atoms with E-state index in [0.29, 0.717) is 0 Å². The molecular formula is C33H20BrN3. The number of pyridine rings is 3. The van der Waals surface area contributed by atoms with E-state index in [2.05, 4.69) is 107 Å². The lowest BCUT2D eigenvalue weighted by atomic mass is 10.0. The first kappa shape index (κ1) is 21.8. The van der Waals surface area contributed by atoms with Gasteiger partial charge in [-0.1, -0.05) is 101 Å². The molecule has 3 nitrogen and oxygen atoms in total. The molecule has 37 heavy (non-hydrogen) atoms. The lowest BCUT2D eigenvalue weighted by Gasteiger charge is -2.09. The molecule has 0 aliphatic heterocycles. The molecule has 174 valence electrons. The van der Waals surface area contributed by atoms with Gasteiger partial charge in [-0.25, -0.2) is 15.0 Å². The van der Waals surface area contributed by atoms with Gasteiger partial charge in [-0.2, -0.15) is 0 Å². The summed E-state index contributed by atoms with van der Waals surface area (Å²) in [6.45, 7) is 0. The maximum atomic E-state index is 5.08. The predicted octanol–water partition coefficient (Wildman–Crippen LogP) is 9.09. The van der Waals surface area contributed by atoms with Crippen LogP contribution in [-0.4, -0.2) is 15.0 Å². The van der Waals surface area contributed by atoms with Gasteiger partial charge < -0.3 is 0 Å². The summed E-state index contributed by atoms with van der Waals surface area (Å²) < 4.78 is 1.06. The quantitative estimate of drug-likeness (QED) is 0.211. The lowest BCUT2D eigenvalue weighted by Crippen LogP contribution is -1.91. The molecule has 0 aliphatic rings. The number of nitrogens with zero attached hydrogens (tertiary/aromatic N) is 3. The zero-order chi connectivity index (χ0) is 24.8. The minimum absolute atomic E-state index is 0.916. The topological polar surface area (TPSA) is 38.7 Å². The van der Waals surface area contributed by atoms with E-state index in [0.717, 1.165) is 71.0 Å². The van der Waals surface area contributed by atoms with Crippen LogP contribution in [0.5, 0.6) is 0 Å². The number of hydrogen-bond acceptors (Lipinski definition) is 3. The highest BCUT2D eigenvalue weighted by Crippen LogP contribution is 2.30. The molecule has 7 rings (SSSR count). The number of hydrogen-bond donors (Lipinski definition) is 0. The van der Waals surface area contributed by atoms with E-state index in [9.17, 15) is 0 Å². The van der Waals surface area contributed by atoms with Crippen LogP contribution in [0.4, 0.5) is 0 Å². The molecule has 0 fully saturated rings. The summed E-state index contributed by atoms with van der Waals surface area (Å²) in [5, 5.41) is 3.28. The normalized spacial score (nSPS) is 11.4. The third-order valence-corrected chi connectivity index (χ3v) is 7.21. The van der Waals surface area contributed by atoms with Crippen molar-refractivity contribution in [1.82, 2.24) is 15.0 Å². The van der Waals surface area contributed by atoms with Crippen LogP contribution in [0.1, 0.15) is 0 Å². The second-order valence-electron chi connectivity index (χ2n) is 9.08. The molecule has 4 aromatic carbocycles. The molecular weight excluding hydrogens is 518 g/mol. The van der Waals surface area contributed by atoms with Crippen LogP contribution in [-0.2, 0) is 0 Å². The van der Waals surface area contributed by atoms with Crippen LogP contribution in [0.25, 0.3) is 66.5 Å². The van der Waals surface area contributed by atoms with E-state index in [-0.39, 0.29) is 0 Å². The van der Waals surface area contributed by atoms with Crippen LogP contribution < -0.4 is 0 Å². The molecule has 0 N–H and O–H groups in total. The van der Waals surface area contributed by atoms with Crippen molar-refractivity contribution >= 4 is 48.6 Å². The maximum Gasteiger partial charge on any atom is 0.0972 e. The highest BCUT2D eigenvalue weighted by atomic mass is 79.9. The van der Waals surface area contributed by atoms with Crippen LogP contribution in [0.15, 0.2) is 126 Å². The smallest absolute Gasteiger partial charge is 0.0972 e. The Morgan fingerprint density at radius 2 is 0.892 bits per heavy atom. The first-order valence-electron chi connectivity index (χ1n) is 12.1. The average Bonchev–Trinajstić information content (AvgIpc) is 2.97. The largest absolute Gasteiger partial charge is 0.248 e. The standard InChI is InChI=1S/C33H20BrN3/c34-27-15-19-31-26(20-27)14-18-28(35-31)22-6-8-23(9-7-22)30-17-13-25-11-10-24-12-16-29(21-4-2-1-3-5-21)36-32(24)33(25)37-30/h1-20H. The van der Waals surface area contributed by atoms with E-state index in [1.165, 1.54) is 0 Å². The van der Waals surface area contributed by atoms with Crippen molar-refractivity contribution in [2.24, 2.45) is 0 Å². The molecule has 0 unspecified atom stereocenters. The highest BCUT2D eigenvalue weighted by Gasteiger charge is 2.09. The van der Waals surface area contributed by atoms with Crippen LogP contribution in [0, 0.1) is 0 Å². The Labute approximate surface area is 222 Å². The second-order valence-corrected chi connectivity index (χ2v) is 9.99. The highest BCUT2D eigenvalue weighted by molar-refractivity contribution is 9.10. The van der Waals surface area contributed by atoms with Gasteiger partial charge in [-0.05, 0) is 36.4 Å². The van der Waals surface area contributed by atoms with Gasteiger partial charge in [0.05, 0.1) is 33.6 Å². The fourth-order valence-corrected chi connectivity index (χ4v) is 5.15. The van der Waals surface area contributed by atoms with Crippen molar-refractivity contribution in [3.63, 3.8) is 0 Å². The maximum absolute atomic E-state index is 5.08. The molecule has 4 heteroatoms. The van der Waals surface area contributed by atoms with Crippen molar-refractivity contribution in [2.45, 2.75) is 0 Å². The summed E-state index contributed by atoms with van der Waals surface area (Å²) in [6.07, 6.45) is 0. The number of aromatic nitrogens is 3. The molecule has 0 radical (unpaired) electrons. The summed E-state index contributed by atoms with van der Waals surface area (Å²) in [7, 11) is 0. The fraction of sp³-hybridized carbons (Fsp3) is 0. The molecule has 0 bridgehead atoms. The van der Waals surface area contributed by atoms with Crippen molar-refractivity contribution in [3.05, 3.63) is 126 Å². The zero-order valence-electron chi connectivity index (χ0n) is 19.8. The van der Waals surface area contributed by atoms with Gasteiger partial charge in [0.2, 0.25) is 0 Å². The van der Waals surface area contributed by atoms with Gasteiger partial charge in [0.1, 0.15) is 0 Å². The number of fused-ring (bicyclic) bond motifs is 4. The fourth-order valence-electron chi connectivity index (χ4n) is 4.77. The SMILES string of the molecule is Brc1ccc2nc(-c3ccc(-c4ccc5ccc6ccc(-c7ccccc7)nc6c5n4)cc3)ccc2c1. The van der Waals surface area contributed by atoms with E-state index in [1.807, 2.05) is 30.3 Å². The van der Waals surface area contributed by atoms with Gasteiger partial charge in [0.25, 0.3) is 0 Å². The Bertz CT molecular complexity index is 1930. The zero-order valence-corrected chi connectivity index (χ0v) is 21.4. The predicted molar refractivity (Wildman–Crippen MR) is 156 cm³/mol. The van der Waals surface area contributed by atoms with Gasteiger partial charge in [0.15, 0.2) is 0 Å². The Morgan fingerprint density at radius 3 is 1.49 bits per heavy atom. The lowest BCUT2D eigenvalue weighted by molar-refractivity contribution is 1.36. The number of halogens is 1. The summed E-state index contributed by atoms with van der Waals surface area (Å²) >= 11 is 3.53. The van der Waals surface area contributed by atoms with Crippen LogP contribution in [0.2, 0.25) is 0 Å². The molecule has 3 heterocycles. The Hall–Kier alpha value is -4.41. The number of benzene rings is 4. The molecule has 0 spiro atoms. The number of rotatable bonds is 3. The molecule has 0 saturated heterocycles. The first-order chi connectivity index (χ1) is 18.2. The molecule has 0 atom stereocenters. The van der Waals surface area contributed by atoms with E-state index in [1.54, 1.807) is 0 Å². The van der Waals surface area contributed by atoms with Gasteiger partial charge in [-0.15, -0.1) is 0 Å². The average molecular weight is 538 g/mol.